The molecule has 0 aliphatic carbocycles. The van der Waals surface area contributed by atoms with Gasteiger partial charge in [0, 0.05) is 45.8 Å². The van der Waals surface area contributed by atoms with E-state index >= 15 is 0 Å². The van der Waals surface area contributed by atoms with Gasteiger partial charge in [-0.15, -0.1) is 0 Å². The van der Waals surface area contributed by atoms with Gasteiger partial charge in [-0.2, -0.15) is 18.2 Å². The average Bonchev–Trinajstić information content (AvgIpc) is 2.99. The van der Waals surface area contributed by atoms with Crippen LogP contribution in [0.2, 0.25) is 0 Å². The van der Waals surface area contributed by atoms with Crippen molar-refractivity contribution < 1.29 is 37.3 Å². The molecule has 2 aliphatic heterocycles. The second-order valence-electron chi connectivity index (χ2n) is 11.3. The molecule has 230 valence electrons. The zero-order valence-electron chi connectivity index (χ0n) is 24.5. The first kappa shape index (κ1) is 31.4. The molecule has 1 N–H and O–H groups in total. The molecule has 0 unspecified atom stereocenters. The lowest BCUT2D eigenvalue weighted by Gasteiger charge is -2.40. The van der Waals surface area contributed by atoms with E-state index in [1.807, 2.05) is 6.07 Å². The summed E-state index contributed by atoms with van der Waals surface area (Å²) in [7, 11) is 6.15. The van der Waals surface area contributed by atoms with Gasteiger partial charge in [0.15, 0.2) is 0 Å². The van der Waals surface area contributed by atoms with Crippen LogP contribution in [0.3, 0.4) is 0 Å². The number of nitrogens with zero attached hydrogens (tertiary/aromatic N) is 4. The first-order valence-electron chi connectivity index (χ1n) is 14.1. The number of amides is 2. The Morgan fingerprint density at radius 2 is 1.60 bits per heavy atom. The van der Waals surface area contributed by atoms with Crippen LogP contribution < -0.4 is 14.4 Å². The van der Waals surface area contributed by atoms with E-state index in [1.165, 1.54) is 31.3 Å². The summed E-state index contributed by atoms with van der Waals surface area (Å²) in [5.74, 6) is 0.375. The van der Waals surface area contributed by atoms with Crippen LogP contribution in [0.25, 0.3) is 0 Å². The predicted molar refractivity (Wildman–Crippen MR) is 151 cm³/mol. The van der Waals surface area contributed by atoms with Gasteiger partial charge >= 0.3 is 6.18 Å². The number of carbonyl (C=O) groups excluding carboxylic acids is 2. The molecule has 9 nitrogen and oxygen atoms in total. The number of likely N-dealkylation sites (tertiary alicyclic amines) is 1. The normalized spacial score (nSPS) is 18.4. The molecule has 1 aromatic heterocycles. The molecule has 0 radical (unpaired) electrons. The van der Waals surface area contributed by atoms with E-state index in [0.717, 1.165) is 55.2 Å². The van der Waals surface area contributed by atoms with Crippen LogP contribution in [0.4, 0.5) is 19.0 Å². The van der Waals surface area contributed by atoms with Crippen LogP contribution in [-0.2, 0) is 10.4 Å². The van der Waals surface area contributed by atoms with E-state index in [1.54, 1.807) is 20.2 Å². The Morgan fingerprint density at radius 1 is 0.976 bits per heavy atom. The molecule has 0 spiro atoms. The number of halogens is 3. The topological polar surface area (TPSA) is 95.4 Å². The quantitative estimate of drug-likeness (QED) is 0.493. The highest BCUT2D eigenvalue weighted by atomic mass is 19.4. The van der Waals surface area contributed by atoms with E-state index < -0.39 is 23.2 Å². The van der Waals surface area contributed by atoms with Gasteiger partial charge in [-0.3, -0.25) is 9.59 Å². The summed E-state index contributed by atoms with van der Waals surface area (Å²) < 4.78 is 52.8. The van der Waals surface area contributed by atoms with Crippen molar-refractivity contribution in [2.24, 2.45) is 11.8 Å². The third kappa shape index (κ3) is 6.43. The number of benzene rings is 1. The Bertz CT molecular complexity index is 1260. The summed E-state index contributed by atoms with van der Waals surface area (Å²) >= 11 is 0. The number of rotatable bonds is 8. The molecule has 0 saturated carbocycles. The lowest BCUT2D eigenvalue weighted by atomic mass is 9.82. The van der Waals surface area contributed by atoms with Gasteiger partial charge in [-0.25, -0.2) is 0 Å². The van der Waals surface area contributed by atoms with Gasteiger partial charge < -0.3 is 29.3 Å². The third-order valence-corrected chi connectivity index (χ3v) is 8.39. The molecule has 2 fully saturated rings. The minimum Gasteiger partial charge on any atom is -0.497 e. The summed E-state index contributed by atoms with van der Waals surface area (Å²) in [6.07, 6.45) is -1.22. The van der Waals surface area contributed by atoms with Gasteiger partial charge in [0.25, 0.3) is 17.4 Å². The number of anilines is 1. The second kappa shape index (κ2) is 12.8. The van der Waals surface area contributed by atoms with Crippen molar-refractivity contribution in [3.05, 3.63) is 47.5 Å². The fourth-order valence-electron chi connectivity index (χ4n) is 5.89. The van der Waals surface area contributed by atoms with Gasteiger partial charge in [0.1, 0.15) is 17.1 Å². The van der Waals surface area contributed by atoms with Crippen molar-refractivity contribution >= 4 is 17.6 Å². The average molecular weight is 593 g/mol. The van der Waals surface area contributed by atoms with Crippen molar-refractivity contribution in [1.29, 1.82) is 0 Å². The molecule has 2 amide bonds. The number of alkyl halides is 3. The second-order valence-corrected chi connectivity index (χ2v) is 11.3. The lowest BCUT2D eigenvalue weighted by Crippen LogP contribution is -2.57. The fraction of sp³-hybridized carbons (Fsp3) is 0.567. The van der Waals surface area contributed by atoms with Gasteiger partial charge in [-0.1, -0.05) is 12.1 Å². The Labute approximate surface area is 244 Å². The largest absolute Gasteiger partial charge is 0.497 e. The molecule has 3 heterocycles. The number of ether oxygens (including phenoxy) is 2. The van der Waals surface area contributed by atoms with Crippen LogP contribution in [0, 0.1) is 11.8 Å². The molecular weight excluding hydrogens is 553 g/mol. The number of hydrogen-bond donors (Lipinski definition) is 1. The SMILES string of the molecule is COc1cccc([C@@](O)(C(=O)N2CCC(CC3CCN(c4ccc(C(=O)N(C)C)c(OC)n4)CC3)CC2)C(F)(F)F)c1. The molecule has 1 aromatic carbocycles. The number of piperidine rings is 2. The van der Waals surface area contributed by atoms with Crippen molar-refractivity contribution in [1.82, 2.24) is 14.8 Å². The monoisotopic (exact) mass is 592 g/mol. The number of methoxy groups -OCH3 is 2. The molecule has 12 heteroatoms. The maximum atomic E-state index is 14.1. The van der Waals surface area contributed by atoms with Crippen LogP contribution in [0.15, 0.2) is 36.4 Å². The molecule has 2 aliphatic rings. The summed E-state index contributed by atoms with van der Waals surface area (Å²) in [6, 6.07) is 8.49. The predicted octanol–water partition coefficient (Wildman–Crippen LogP) is 4.10. The lowest BCUT2D eigenvalue weighted by molar-refractivity contribution is -0.262. The first-order chi connectivity index (χ1) is 19.9. The number of carbonyl (C=O) groups is 2. The Kier molecular flexibility index (Phi) is 9.54. The smallest absolute Gasteiger partial charge is 0.430 e. The van der Waals surface area contributed by atoms with Gasteiger partial charge in [0.05, 0.1) is 14.2 Å². The van der Waals surface area contributed by atoms with Crippen LogP contribution in [0.5, 0.6) is 11.6 Å². The fourth-order valence-corrected chi connectivity index (χ4v) is 5.89. The zero-order chi connectivity index (χ0) is 30.7. The molecule has 2 aromatic rings. The Hall–Kier alpha value is -3.54. The van der Waals surface area contributed by atoms with Crippen LogP contribution in [0.1, 0.15) is 48.0 Å². The van der Waals surface area contributed by atoms with Gasteiger partial charge in [0.2, 0.25) is 5.88 Å². The molecule has 1 atom stereocenters. The van der Waals surface area contributed by atoms with E-state index in [0.29, 0.717) is 30.2 Å². The minimum absolute atomic E-state index is 0.124. The molecule has 2 saturated heterocycles. The van der Waals surface area contributed by atoms with E-state index in [9.17, 15) is 27.9 Å². The molecule has 42 heavy (non-hydrogen) atoms. The maximum Gasteiger partial charge on any atom is 0.430 e. The summed E-state index contributed by atoms with van der Waals surface area (Å²) in [5, 5.41) is 10.8. The van der Waals surface area contributed by atoms with Crippen molar-refractivity contribution in [2.45, 2.75) is 43.9 Å². The van der Waals surface area contributed by atoms with E-state index in [4.69, 9.17) is 9.47 Å². The third-order valence-electron chi connectivity index (χ3n) is 8.39. The van der Waals surface area contributed by atoms with Gasteiger partial charge in [-0.05, 0) is 68.2 Å². The maximum absolute atomic E-state index is 14.1. The number of pyridine rings is 1. The first-order valence-corrected chi connectivity index (χ1v) is 14.1. The van der Waals surface area contributed by atoms with Crippen molar-refractivity contribution in [3.8, 4) is 11.6 Å². The van der Waals surface area contributed by atoms with E-state index in [2.05, 4.69) is 9.88 Å². The van der Waals surface area contributed by atoms with Crippen LogP contribution in [-0.4, -0.2) is 92.4 Å². The van der Waals surface area contributed by atoms with Crippen molar-refractivity contribution in [2.75, 3.05) is 59.4 Å². The van der Waals surface area contributed by atoms with E-state index in [-0.39, 0.29) is 30.7 Å². The highest BCUT2D eigenvalue weighted by Gasteiger charge is 2.62. The van der Waals surface area contributed by atoms with Crippen LogP contribution >= 0.6 is 0 Å². The summed E-state index contributed by atoms with van der Waals surface area (Å²) in [6.45, 7) is 1.90. The number of hydrogen-bond acceptors (Lipinski definition) is 7. The highest BCUT2D eigenvalue weighted by molar-refractivity contribution is 5.96. The Balaban J connectivity index is 1.32. The minimum atomic E-state index is -5.19. The van der Waals surface area contributed by atoms with Crippen molar-refractivity contribution in [3.63, 3.8) is 0 Å². The number of aromatic nitrogens is 1. The molecule has 4 rings (SSSR count). The molecule has 0 bridgehead atoms. The summed E-state index contributed by atoms with van der Waals surface area (Å²) in [5.41, 5.74) is -3.79. The standard InChI is InChI=1S/C30H39F3N4O5/c1-35(2)27(38)24-8-9-25(34-26(24)42-4)36-14-10-20(11-15-36)18-21-12-16-37(17-13-21)28(39)29(40,30(31,32)33)22-6-5-7-23(19-22)41-3/h5-9,19-21,40H,10-18H2,1-4H3/t29-/m1/s1. The number of aliphatic hydroxyl groups is 1. The molecular formula is C30H39F3N4O5. The summed E-state index contributed by atoms with van der Waals surface area (Å²) in [4.78, 5) is 34.9. The Morgan fingerprint density at radius 3 is 2.14 bits per heavy atom. The zero-order valence-corrected chi connectivity index (χ0v) is 24.5. The highest BCUT2D eigenvalue weighted by Crippen LogP contribution is 2.42.